The Morgan fingerprint density at radius 3 is 2.12 bits per heavy atom. The van der Waals surface area contributed by atoms with Crippen LogP contribution in [0.4, 0.5) is 11.4 Å². The monoisotopic (exact) mass is 418 g/mol. The number of halogens is 1. The summed E-state index contributed by atoms with van der Waals surface area (Å²) in [4.78, 5) is 35.6. The molecule has 6 nitrogen and oxygen atoms in total. The van der Waals surface area contributed by atoms with Crippen molar-refractivity contribution in [2.24, 2.45) is 5.41 Å². The lowest BCUT2D eigenvalue weighted by Crippen LogP contribution is -2.27. The average Bonchev–Trinajstić information content (AvgIpc) is 2.54. The Kier molecular flexibility index (Phi) is 5.82. The maximum Gasteiger partial charge on any atom is 0.337 e. The molecule has 0 aromatic heterocycles. The van der Waals surface area contributed by atoms with E-state index in [-0.39, 0.29) is 17.2 Å². The molecule has 0 spiro atoms. The van der Waals surface area contributed by atoms with E-state index in [0.717, 1.165) is 0 Å². The van der Waals surface area contributed by atoms with Gasteiger partial charge in [-0.2, -0.15) is 0 Å². The van der Waals surface area contributed by atoms with Gasteiger partial charge in [-0.25, -0.2) is 4.79 Å². The number of carboxylic acid groups (broad SMARTS) is 1. The van der Waals surface area contributed by atoms with Crippen LogP contribution in [0.3, 0.4) is 0 Å². The van der Waals surface area contributed by atoms with Crippen LogP contribution >= 0.6 is 15.9 Å². The molecule has 2 rings (SSSR count). The van der Waals surface area contributed by atoms with Gasteiger partial charge in [0.15, 0.2) is 0 Å². The van der Waals surface area contributed by atoms with Crippen molar-refractivity contribution in [3.8, 4) is 0 Å². The number of hydrogen-bond donors (Lipinski definition) is 3. The second-order valence-electron chi connectivity index (χ2n) is 6.73. The minimum Gasteiger partial charge on any atom is -0.478 e. The van der Waals surface area contributed by atoms with E-state index in [1.165, 1.54) is 12.1 Å². The zero-order chi connectivity index (χ0) is 19.5. The maximum atomic E-state index is 12.4. The highest BCUT2D eigenvalue weighted by molar-refractivity contribution is 9.10. The Balaban J connectivity index is 2.15. The number of carboxylic acids is 1. The van der Waals surface area contributed by atoms with Gasteiger partial charge in [0, 0.05) is 21.1 Å². The Labute approximate surface area is 159 Å². The first-order valence-corrected chi connectivity index (χ1v) is 8.63. The number of nitrogens with one attached hydrogen (secondary N) is 2. The number of carbonyl (C=O) groups is 3. The summed E-state index contributed by atoms with van der Waals surface area (Å²) in [6.07, 6.45) is 0. The Morgan fingerprint density at radius 2 is 1.58 bits per heavy atom. The number of anilines is 2. The van der Waals surface area contributed by atoms with Crippen LogP contribution in [-0.4, -0.2) is 22.9 Å². The van der Waals surface area contributed by atoms with E-state index in [0.29, 0.717) is 15.7 Å². The molecule has 0 aliphatic rings. The van der Waals surface area contributed by atoms with E-state index in [1.807, 2.05) is 20.8 Å². The minimum atomic E-state index is -1.13. The van der Waals surface area contributed by atoms with Crippen LogP contribution in [0.1, 0.15) is 41.5 Å². The summed E-state index contributed by atoms with van der Waals surface area (Å²) in [7, 11) is 0. The molecule has 0 aliphatic carbocycles. The number of benzene rings is 2. The van der Waals surface area contributed by atoms with Gasteiger partial charge in [-0.3, -0.25) is 9.59 Å². The van der Waals surface area contributed by atoms with Gasteiger partial charge in [-0.05, 0) is 42.5 Å². The summed E-state index contributed by atoms with van der Waals surface area (Å²) in [5.74, 6) is -1.71. The lowest BCUT2D eigenvalue weighted by molar-refractivity contribution is -0.123. The van der Waals surface area contributed by atoms with Crippen molar-refractivity contribution in [3.05, 3.63) is 58.1 Å². The highest BCUT2D eigenvalue weighted by atomic mass is 79.9. The first-order valence-electron chi connectivity index (χ1n) is 7.83. The van der Waals surface area contributed by atoms with Crippen molar-refractivity contribution < 1.29 is 19.5 Å². The van der Waals surface area contributed by atoms with Crippen LogP contribution in [0.15, 0.2) is 46.9 Å². The summed E-state index contributed by atoms with van der Waals surface area (Å²) < 4.78 is 0.651. The Morgan fingerprint density at radius 1 is 0.962 bits per heavy atom. The molecule has 0 radical (unpaired) electrons. The van der Waals surface area contributed by atoms with Gasteiger partial charge in [0.05, 0.1) is 11.3 Å². The third-order valence-corrected chi connectivity index (χ3v) is 4.04. The summed E-state index contributed by atoms with van der Waals surface area (Å²) in [6.45, 7) is 5.42. The van der Waals surface area contributed by atoms with Crippen molar-refractivity contribution in [1.29, 1.82) is 0 Å². The van der Waals surface area contributed by atoms with Crippen LogP contribution in [0.5, 0.6) is 0 Å². The van der Waals surface area contributed by atoms with Crippen molar-refractivity contribution >= 4 is 45.1 Å². The molecular formula is C19H19BrN2O4. The predicted octanol–water partition coefficient (Wildman–Crippen LogP) is 4.38. The van der Waals surface area contributed by atoms with Crippen LogP contribution in [0, 0.1) is 5.41 Å². The molecule has 136 valence electrons. The molecule has 0 fully saturated rings. The molecule has 0 aliphatic heterocycles. The lowest BCUT2D eigenvalue weighted by atomic mass is 9.95. The van der Waals surface area contributed by atoms with Crippen molar-refractivity contribution in [2.75, 3.05) is 10.6 Å². The van der Waals surface area contributed by atoms with Crippen molar-refractivity contribution in [3.63, 3.8) is 0 Å². The zero-order valence-electron chi connectivity index (χ0n) is 14.6. The van der Waals surface area contributed by atoms with Crippen LogP contribution in [0.25, 0.3) is 0 Å². The average molecular weight is 419 g/mol. The summed E-state index contributed by atoms with van der Waals surface area (Å²) in [5.41, 5.74) is 0.590. The smallest absolute Gasteiger partial charge is 0.337 e. The fraction of sp³-hybridized carbons (Fsp3) is 0.211. The molecule has 0 saturated heterocycles. The third-order valence-electron chi connectivity index (χ3n) is 3.55. The first-order chi connectivity index (χ1) is 12.1. The quantitative estimate of drug-likeness (QED) is 0.685. The molecular weight excluding hydrogens is 400 g/mol. The summed E-state index contributed by atoms with van der Waals surface area (Å²) in [5, 5.41) is 14.6. The first kappa shape index (κ1) is 19.7. The molecule has 2 amide bonds. The molecule has 0 bridgehead atoms. The number of amides is 2. The van der Waals surface area contributed by atoms with Crippen molar-refractivity contribution in [1.82, 2.24) is 0 Å². The second-order valence-corrected chi connectivity index (χ2v) is 7.65. The highest BCUT2D eigenvalue weighted by Crippen LogP contribution is 2.23. The molecule has 2 aromatic rings. The molecule has 7 heteroatoms. The topological polar surface area (TPSA) is 95.5 Å². The highest BCUT2D eigenvalue weighted by Gasteiger charge is 2.21. The van der Waals surface area contributed by atoms with E-state index in [4.69, 9.17) is 0 Å². The molecule has 26 heavy (non-hydrogen) atoms. The van der Waals surface area contributed by atoms with E-state index in [9.17, 15) is 19.5 Å². The predicted molar refractivity (Wildman–Crippen MR) is 104 cm³/mol. The standard InChI is InChI=1S/C19H19BrN2O4/c1-19(2,3)18(26)21-13-7-4-11(5-8-13)16(23)22-15-10-12(20)6-9-14(15)17(24)25/h4-10H,1-3H3,(H,21,26)(H,22,23)(H,24,25). The largest absolute Gasteiger partial charge is 0.478 e. The lowest BCUT2D eigenvalue weighted by Gasteiger charge is -2.17. The Bertz CT molecular complexity index is 855. The molecule has 0 saturated carbocycles. The maximum absolute atomic E-state index is 12.4. The fourth-order valence-electron chi connectivity index (χ4n) is 2.02. The summed E-state index contributed by atoms with van der Waals surface area (Å²) >= 11 is 3.26. The van der Waals surface area contributed by atoms with Gasteiger partial charge in [-0.15, -0.1) is 0 Å². The van der Waals surface area contributed by atoms with Gasteiger partial charge < -0.3 is 15.7 Å². The van der Waals surface area contributed by atoms with E-state index < -0.39 is 17.3 Å². The molecule has 0 unspecified atom stereocenters. The molecule has 3 N–H and O–H groups in total. The molecule has 0 heterocycles. The summed E-state index contributed by atoms with van der Waals surface area (Å²) in [6, 6.07) is 10.9. The second kappa shape index (κ2) is 7.70. The van der Waals surface area contributed by atoms with E-state index in [1.54, 1.807) is 30.3 Å². The van der Waals surface area contributed by atoms with Gasteiger partial charge in [0.1, 0.15) is 0 Å². The van der Waals surface area contributed by atoms with E-state index in [2.05, 4.69) is 26.6 Å². The van der Waals surface area contributed by atoms with Gasteiger partial charge in [0.25, 0.3) is 5.91 Å². The van der Waals surface area contributed by atoms with Gasteiger partial charge in [0.2, 0.25) is 5.91 Å². The number of hydrogen-bond acceptors (Lipinski definition) is 3. The number of rotatable bonds is 4. The van der Waals surface area contributed by atoms with Crippen LogP contribution < -0.4 is 10.6 Å². The Hall–Kier alpha value is -2.67. The van der Waals surface area contributed by atoms with Gasteiger partial charge in [-0.1, -0.05) is 36.7 Å². The van der Waals surface area contributed by atoms with E-state index >= 15 is 0 Å². The fourth-order valence-corrected chi connectivity index (χ4v) is 2.39. The van der Waals surface area contributed by atoms with Crippen molar-refractivity contribution in [2.45, 2.75) is 20.8 Å². The third kappa shape index (κ3) is 4.92. The molecule has 0 atom stereocenters. The SMILES string of the molecule is CC(C)(C)C(=O)Nc1ccc(C(=O)Nc2cc(Br)ccc2C(=O)O)cc1. The zero-order valence-corrected chi connectivity index (χ0v) is 16.2. The van der Waals surface area contributed by atoms with Crippen LogP contribution in [-0.2, 0) is 4.79 Å². The number of carbonyl (C=O) groups excluding carboxylic acids is 2. The van der Waals surface area contributed by atoms with Gasteiger partial charge >= 0.3 is 5.97 Å². The number of aromatic carboxylic acids is 1. The minimum absolute atomic E-state index is 0.00406. The molecule has 2 aromatic carbocycles. The normalized spacial score (nSPS) is 10.9. The van der Waals surface area contributed by atoms with Crippen LogP contribution in [0.2, 0.25) is 0 Å².